The van der Waals surface area contributed by atoms with Crippen LogP contribution in [-0.4, -0.2) is 42.2 Å². The van der Waals surface area contributed by atoms with E-state index in [0.29, 0.717) is 17.2 Å². The lowest BCUT2D eigenvalue weighted by Gasteiger charge is -2.21. The third-order valence-electron chi connectivity index (χ3n) is 3.68. The van der Waals surface area contributed by atoms with Crippen LogP contribution in [0.4, 0.5) is 0 Å². The molecule has 0 radical (unpaired) electrons. The van der Waals surface area contributed by atoms with Crippen molar-refractivity contribution in [3.05, 3.63) is 70.2 Å². The fraction of sp³-hybridized carbons (Fsp3) is 0.316. The summed E-state index contributed by atoms with van der Waals surface area (Å²) in [4.78, 5) is 13.9. The molecule has 4 nitrogen and oxygen atoms in total. The topological polar surface area (TPSA) is 49.8 Å². The van der Waals surface area contributed by atoms with Crippen LogP contribution in [0.1, 0.15) is 21.5 Å². The van der Waals surface area contributed by atoms with Gasteiger partial charge in [-0.15, -0.1) is 0 Å². The summed E-state index contributed by atoms with van der Waals surface area (Å²) >= 11 is 6.19. The number of amides is 1. The molecule has 2 rings (SSSR count). The fourth-order valence-electron chi connectivity index (χ4n) is 2.36. The minimum absolute atomic E-state index is 0.161. The van der Waals surface area contributed by atoms with Crippen LogP contribution in [0.25, 0.3) is 0 Å². The number of aryl methyl sites for hydroxylation is 1. The van der Waals surface area contributed by atoms with Crippen molar-refractivity contribution in [3.8, 4) is 0 Å². The molecule has 1 amide bonds. The Morgan fingerprint density at radius 2 is 1.92 bits per heavy atom. The average molecular weight is 348 g/mol. The van der Waals surface area contributed by atoms with Crippen LogP contribution in [-0.2, 0) is 11.3 Å². The molecular weight excluding hydrogens is 326 g/mol. The van der Waals surface area contributed by atoms with Gasteiger partial charge in [-0.25, -0.2) is 0 Å². The zero-order valence-corrected chi connectivity index (χ0v) is 14.7. The minimum Gasteiger partial charge on any atom is -0.389 e. The summed E-state index contributed by atoms with van der Waals surface area (Å²) in [5.41, 5.74) is 2.33. The highest BCUT2D eigenvalue weighted by Crippen LogP contribution is 2.21. The Kier molecular flexibility index (Phi) is 6.79. The van der Waals surface area contributed by atoms with Crippen molar-refractivity contribution in [3.63, 3.8) is 0 Å². The van der Waals surface area contributed by atoms with E-state index in [4.69, 9.17) is 16.3 Å². The van der Waals surface area contributed by atoms with Gasteiger partial charge >= 0.3 is 0 Å². The maximum Gasteiger partial charge on any atom is 0.255 e. The quantitative estimate of drug-likeness (QED) is 0.836. The number of carbonyl (C=O) groups excluding carboxylic acids is 1. The van der Waals surface area contributed by atoms with Crippen molar-refractivity contribution in [2.45, 2.75) is 19.6 Å². The third-order valence-corrected chi connectivity index (χ3v) is 4.18. The number of benzene rings is 2. The van der Waals surface area contributed by atoms with Crippen molar-refractivity contribution in [1.29, 1.82) is 0 Å². The Balaban J connectivity index is 1.83. The first-order valence-corrected chi connectivity index (χ1v) is 8.17. The van der Waals surface area contributed by atoms with Crippen molar-refractivity contribution >= 4 is 17.5 Å². The van der Waals surface area contributed by atoms with E-state index in [1.807, 2.05) is 43.3 Å². The molecule has 0 fully saturated rings. The number of hydrogen-bond acceptors (Lipinski definition) is 3. The van der Waals surface area contributed by atoms with Crippen LogP contribution in [0.5, 0.6) is 0 Å². The van der Waals surface area contributed by atoms with E-state index in [-0.39, 0.29) is 19.1 Å². The van der Waals surface area contributed by atoms with Gasteiger partial charge in [0.25, 0.3) is 5.91 Å². The summed E-state index contributed by atoms with van der Waals surface area (Å²) in [6.07, 6.45) is -0.758. The highest BCUT2D eigenvalue weighted by molar-refractivity contribution is 6.34. The van der Waals surface area contributed by atoms with Crippen LogP contribution in [0.2, 0.25) is 5.02 Å². The highest BCUT2D eigenvalue weighted by atomic mass is 35.5. The van der Waals surface area contributed by atoms with Crippen molar-refractivity contribution in [2.75, 3.05) is 20.2 Å². The molecule has 24 heavy (non-hydrogen) atoms. The standard InChI is InChI=1S/C19H22ClNO3/c1-14-7-6-10-17(18(14)20)19(23)21(2)11-16(22)13-24-12-15-8-4-3-5-9-15/h3-10,16,22H,11-13H2,1-2H3. The Hall–Kier alpha value is -1.88. The molecule has 0 spiro atoms. The SMILES string of the molecule is Cc1cccc(C(=O)N(C)CC(O)COCc2ccccc2)c1Cl. The molecule has 2 aromatic rings. The fourth-order valence-corrected chi connectivity index (χ4v) is 2.56. The van der Waals surface area contributed by atoms with E-state index in [0.717, 1.165) is 11.1 Å². The Morgan fingerprint density at radius 1 is 1.21 bits per heavy atom. The summed E-state index contributed by atoms with van der Waals surface area (Å²) in [5, 5.41) is 10.5. The zero-order valence-electron chi connectivity index (χ0n) is 13.9. The molecule has 5 heteroatoms. The molecule has 128 valence electrons. The van der Waals surface area contributed by atoms with Gasteiger partial charge in [0.1, 0.15) is 0 Å². The normalized spacial score (nSPS) is 12.0. The van der Waals surface area contributed by atoms with Crippen LogP contribution >= 0.6 is 11.6 Å². The molecule has 1 unspecified atom stereocenters. The summed E-state index contributed by atoms with van der Waals surface area (Å²) in [5.74, 6) is -0.217. The van der Waals surface area contributed by atoms with Gasteiger partial charge in [0.15, 0.2) is 0 Å². The zero-order chi connectivity index (χ0) is 17.5. The predicted molar refractivity (Wildman–Crippen MR) is 95.3 cm³/mol. The second kappa shape index (κ2) is 8.83. The lowest BCUT2D eigenvalue weighted by Crippen LogP contribution is -2.36. The van der Waals surface area contributed by atoms with Crippen LogP contribution in [0, 0.1) is 6.92 Å². The predicted octanol–water partition coefficient (Wildman–Crippen LogP) is 3.30. The van der Waals surface area contributed by atoms with E-state index >= 15 is 0 Å². The molecule has 1 N–H and O–H groups in total. The Labute approximate surface area is 147 Å². The molecular formula is C19H22ClNO3. The second-order valence-corrected chi connectivity index (χ2v) is 6.15. The van der Waals surface area contributed by atoms with Crippen LogP contribution in [0.3, 0.4) is 0 Å². The van der Waals surface area contributed by atoms with E-state index in [9.17, 15) is 9.90 Å². The van der Waals surface area contributed by atoms with Crippen molar-refractivity contribution in [1.82, 2.24) is 4.90 Å². The van der Waals surface area contributed by atoms with E-state index in [1.165, 1.54) is 4.90 Å². The van der Waals surface area contributed by atoms with Gasteiger partial charge in [0, 0.05) is 13.6 Å². The maximum absolute atomic E-state index is 12.4. The molecule has 0 saturated carbocycles. The van der Waals surface area contributed by atoms with Crippen molar-refractivity contribution < 1.29 is 14.6 Å². The average Bonchev–Trinajstić information content (AvgIpc) is 2.57. The monoisotopic (exact) mass is 347 g/mol. The second-order valence-electron chi connectivity index (χ2n) is 5.78. The third kappa shape index (κ3) is 5.06. The van der Waals surface area contributed by atoms with Gasteiger partial charge in [-0.2, -0.15) is 0 Å². The smallest absolute Gasteiger partial charge is 0.255 e. The lowest BCUT2D eigenvalue weighted by atomic mass is 10.1. The number of aliphatic hydroxyl groups is 1. The highest BCUT2D eigenvalue weighted by Gasteiger charge is 2.18. The van der Waals surface area contributed by atoms with E-state index in [1.54, 1.807) is 19.2 Å². The maximum atomic E-state index is 12.4. The number of rotatable bonds is 7. The number of nitrogens with zero attached hydrogens (tertiary/aromatic N) is 1. The first-order chi connectivity index (χ1) is 11.5. The number of halogens is 1. The Bertz CT molecular complexity index is 676. The molecule has 0 bridgehead atoms. The largest absolute Gasteiger partial charge is 0.389 e. The number of hydrogen-bond donors (Lipinski definition) is 1. The van der Waals surface area contributed by atoms with Gasteiger partial charge in [-0.05, 0) is 24.1 Å². The summed E-state index contributed by atoms with van der Waals surface area (Å²) < 4.78 is 5.50. The number of likely N-dealkylation sites (N-methyl/N-ethyl adjacent to an activating group) is 1. The molecule has 2 aromatic carbocycles. The minimum atomic E-state index is -0.758. The molecule has 0 aromatic heterocycles. The van der Waals surface area contributed by atoms with Gasteiger partial charge in [-0.1, -0.05) is 54.1 Å². The Morgan fingerprint density at radius 3 is 2.62 bits per heavy atom. The number of aliphatic hydroxyl groups excluding tert-OH is 1. The summed E-state index contributed by atoms with van der Waals surface area (Å²) in [7, 11) is 1.64. The summed E-state index contributed by atoms with van der Waals surface area (Å²) in [6, 6.07) is 15.1. The first-order valence-electron chi connectivity index (χ1n) is 7.79. The van der Waals surface area contributed by atoms with Crippen molar-refractivity contribution in [2.24, 2.45) is 0 Å². The molecule has 0 aliphatic heterocycles. The molecule has 0 saturated heterocycles. The molecule has 1 atom stereocenters. The van der Waals surface area contributed by atoms with Gasteiger partial charge in [0.2, 0.25) is 0 Å². The molecule has 0 aliphatic carbocycles. The number of ether oxygens (including phenoxy) is 1. The van der Waals surface area contributed by atoms with E-state index < -0.39 is 6.10 Å². The van der Waals surface area contributed by atoms with Gasteiger partial charge < -0.3 is 14.7 Å². The molecule has 0 heterocycles. The number of carbonyl (C=O) groups is 1. The van der Waals surface area contributed by atoms with Crippen LogP contribution in [0.15, 0.2) is 48.5 Å². The van der Waals surface area contributed by atoms with E-state index in [2.05, 4.69) is 0 Å². The first kappa shape index (κ1) is 18.5. The summed E-state index contributed by atoms with van der Waals surface area (Å²) in [6.45, 7) is 2.62. The van der Waals surface area contributed by atoms with Gasteiger partial charge in [-0.3, -0.25) is 4.79 Å². The van der Waals surface area contributed by atoms with Gasteiger partial charge in [0.05, 0.1) is 29.9 Å². The van der Waals surface area contributed by atoms with Crippen LogP contribution < -0.4 is 0 Å². The lowest BCUT2D eigenvalue weighted by molar-refractivity contribution is 0.0137. The molecule has 0 aliphatic rings.